The van der Waals surface area contributed by atoms with Crippen LogP contribution in [0.1, 0.15) is 17.5 Å². The van der Waals surface area contributed by atoms with Crippen LogP contribution in [0.4, 0.5) is 17.5 Å². The van der Waals surface area contributed by atoms with Gasteiger partial charge in [-0.3, -0.25) is 4.79 Å². The number of carbonyl (C=O) groups is 1. The van der Waals surface area contributed by atoms with Crippen molar-refractivity contribution in [1.29, 1.82) is 0 Å². The summed E-state index contributed by atoms with van der Waals surface area (Å²) >= 11 is 0. The highest BCUT2D eigenvalue weighted by Gasteiger charge is 2.40. The minimum atomic E-state index is -0.976. The molecule has 3 atom stereocenters. The molecule has 10 heteroatoms. The van der Waals surface area contributed by atoms with Crippen LogP contribution in [0.2, 0.25) is 0 Å². The van der Waals surface area contributed by atoms with E-state index in [1.807, 2.05) is 66.7 Å². The maximum Gasteiger partial charge on any atom is 0.317 e. The largest absolute Gasteiger partial charge is 0.403 e. The molecule has 2 bridgehead atoms. The maximum absolute atomic E-state index is 13.1. The first-order valence-electron chi connectivity index (χ1n) is 12.2. The van der Waals surface area contributed by atoms with Gasteiger partial charge in [0.05, 0.1) is 35.7 Å². The third kappa shape index (κ3) is 3.91. The van der Waals surface area contributed by atoms with Gasteiger partial charge in [-0.2, -0.15) is 0 Å². The lowest BCUT2D eigenvalue weighted by Crippen LogP contribution is -2.37. The highest BCUT2D eigenvalue weighted by atomic mass is 16.5. The number of nitrogens with zero attached hydrogens (tertiary/aromatic N) is 5. The van der Waals surface area contributed by atoms with Crippen molar-refractivity contribution in [2.45, 2.75) is 24.7 Å². The molecule has 10 nitrogen and oxygen atoms in total. The minimum Gasteiger partial charge on any atom is -0.403 e. The number of anilines is 3. The molecule has 2 N–H and O–H groups in total. The number of morpholine rings is 1. The highest BCUT2D eigenvalue weighted by Crippen LogP contribution is 2.37. The Kier molecular flexibility index (Phi) is 5.17. The van der Waals surface area contributed by atoms with Crippen LogP contribution in [0.3, 0.4) is 0 Å². The zero-order chi connectivity index (χ0) is 24.8. The van der Waals surface area contributed by atoms with E-state index >= 15 is 0 Å². The van der Waals surface area contributed by atoms with Gasteiger partial charge in [0.1, 0.15) is 5.82 Å². The Labute approximate surface area is 212 Å². The summed E-state index contributed by atoms with van der Waals surface area (Å²) in [5.41, 5.74) is 3.85. The van der Waals surface area contributed by atoms with Crippen molar-refractivity contribution in [2.75, 3.05) is 28.7 Å². The summed E-state index contributed by atoms with van der Waals surface area (Å²) in [5, 5.41) is 14.4. The molecule has 0 radical (unpaired) electrons. The quantitative estimate of drug-likeness (QED) is 0.435. The van der Waals surface area contributed by atoms with Gasteiger partial charge < -0.3 is 24.7 Å². The second-order valence-corrected chi connectivity index (χ2v) is 9.21. The van der Waals surface area contributed by atoms with Crippen LogP contribution in [0.25, 0.3) is 11.5 Å². The van der Waals surface area contributed by atoms with E-state index in [-0.39, 0.29) is 18.0 Å². The maximum atomic E-state index is 13.1. The van der Waals surface area contributed by atoms with E-state index in [1.54, 1.807) is 6.20 Å². The number of para-hydroxylation sites is 1. The standard InChI is InChI=1S/C27H23N7O3/c35-25-23(30-22(16-7-2-1-3-8-16)19-9-4-5-11-21(19)29-25)31-27-33-32-26(37-27)20-10-6-12-28-24(20)34-14-18-13-17(34)15-36-18/h1-12,17-18,23H,13-15H2,(H,29,35)(H,31,33)/t17-,18?,23?/m0/s1. The van der Waals surface area contributed by atoms with E-state index in [1.165, 1.54) is 0 Å². The molecule has 0 saturated carbocycles. The fourth-order valence-corrected chi connectivity index (χ4v) is 5.14. The van der Waals surface area contributed by atoms with Crippen LogP contribution in [-0.2, 0) is 9.53 Å². The van der Waals surface area contributed by atoms with Gasteiger partial charge in [0, 0.05) is 23.9 Å². The minimum absolute atomic E-state index is 0.0957. The number of amides is 1. The van der Waals surface area contributed by atoms with Gasteiger partial charge in [0.15, 0.2) is 0 Å². The van der Waals surface area contributed by atoms with E-state index < -0.39 is 6.17 Å². The van der Waals surface area contributed by atoms with E-state index in [4.69, 9.17) is 14.1 Å². The molecule has 2 aromatic carbocycles. The molecular formula is C27H23N7O3. The fourth-order valence-electron chi connectivity index (χ4n) is 5.14. The molecule has 37 heavy (non-hydrogen) atoms. The number of fused-ring (bicyclic) bond motifs is 3. The summed E-state index contributed by atoms with van der Waals surface area (Å²) in [4.78, 5) is 24.8. The molecule has 5 heterocycles. The lowest BCUT2D eigenvalue weighted by molar-refractivity contribution is -0.116. The number of rotatable bonds is 5. The van der Waals surface area contributed by atoms with E-state index in [9.17, 15) is 4.79 Å². The summed E-state index contributed by atoms with van der Waals surface area (Å²) in [6.07, 6.45) is 2.01. The van der Waals surface area contributed by atoms with Crippen LogP contribution in [0, 0.1) is 0 Å². The third-order valence-electron chi connectivity index (χ3n) is 6.87. The summed E-state index contributed by atoms with van der Waals surface area (Å²) in [6, 6.07) is 21.5. The van der Waals surface area contributed by atoms with Crippen molar-refractivity contribution in [2.24, 2.45) is 4.99 Å². The number of carbonyl (C=O) groups excluding carboxylic acids is 1. The highest BCUT2D eigenvalue weighted by molar-refractivity contribution is 6.19. The van der Waals surface area contributed by atoms with E-state index in [0.29, 0.717) is 29.9 Å². The molecule has 2 saturated heterocycles. The number of aromatic nitrogens is 3. The van der Waals surface area contributed by atoms with Crippen molar-refractivity contribution in [1.82, 2.24) is 15.2 Å². The van der Waals surface area contributed by atoms with Crippen molar-refractivity contribution in [3.05, 3.63) is 84.1 Å². The Morgan fingerprint density at radius 3 is 2.65 bits per heavy atom. The molecule has 7 rings (SSSR count). The summed E-state index contributed by atoms with van der Waals surface area (Å²) in [6.45, 7) is 1.48. The molecule has 184 valence electrons. The predicted octanol–water partition coefficient (Wildman–Crippen LogP) is 3.34. The normalized spacial score (nSPS) is 22.3. The zero-order valence-corrected chi connectivity index (χ0v) is 19.7. The van der Waals surface area contributed by atoms with Gasteiger partial charge in [-0.15, -0.1) is 5.10 Å². The smallest absolute Gasteiger partial charge is 0.317 e. The van der Waals surface area contributed by atoms with Crippen LogP contribution in [0.5, 0.6) is 0 Å². The molecule has 3 aliphatic rings. The third-order valence-corrected chi connectivity index (χ3v) is 6.87. The van der Waals surface area contributed by atoms with Gasteiger partial charge in [-0.1, -0.05) is 53.6 Å². The number of benzene rings is 2. The van der Waals surface area contributed by atoms with Crippen LogP contribution < -0.4 is 15.5 Å². The molecule has 2 aromatic heterocycles. The van der Waals surface area contributed by atoms with Crippen LogP contribution >= 0.6 is 0 Å². The monoisotopic (exact) mass is 493 g/mol. The Morgan fingerprint density at radius 1 is 0.973 bits per heavy atom. The van der Waals surface area contributed by atoms with Gasteiger partial charge in [-0.25, -0.2) is 9.98 Å². The molecule has 0 spiro atoms. The molecular weight excluding hydrogens is 470 g/mol. The van der Waals surface area contributed by atoms with Crippen LogP contribution in [0.15, 0.2) is 82.3 Å². The number of benzodiazepines with no additional fused rings is 1. The molecule has 0 aliphatic carbocycles. The van der Waals surface area contributed by atoms with Crippen molar-refractivity contribution in [3.8, 4) is 11.5 Å². The lowest BCUT2D eigenvalue weighted by atomic mass is 10.0. The topological polar surface area (TPSA) is 118 Å². The number of hydrogen-bond donors (Lipinski definition) is 2. The predicted molar refractivity (Wildman–Crippen MR) is 138 cm³/mol. The summed E-state index contributed by atoms with van der Waals surface area (Å²) in [7, 11) is 0. The Balaban J connectivity index is 1.20. The average molecular weight is 494 g/mol. The van der Waals surface area contributed by atoms with Crippen molar-refractivity contribution < 1.29 is 13.9 Å². The molecule has 2 fully saturated rings. The number of ether oxygens (including phenoxy) is 1. The molecule has 2 unspecified atom stereocenters. The van der Waals surface area contributed by atoms with Gasteiger partial charge in [0.2, 0.25) is 6.17 Å². The number of nitrogens with one attached hydrogen (secondary N) is 2. The SMILES string of the molecule is O=C1Nc2ccccc2C(c2ccccc2)=NC1Nc1nnc(-c2cccnc2N2CC3C[C@H]2CO3)o1. The van der Waals surface area contributed by atoms with Crippen LogP contribution in [-0.4, -0.2) is 58.3 Å². The number of pyridine rings is 1. The Hall–Kier alpha value is -4.57. The Morgan fingerprint density at radius 2 is 1.81 bits per heavy atom. The van der Waals surface area contributed by atoms with Gasteiger partial charge in [-0.05, 0) is 24.6 Å². The van der Waals surface area contributed by atoms with E-state index in [0.717, 1.165) is 35.5 Å². The van der Waals surface area contributed by atoms with Gasteiger partial charge >= 0.3 is 6.01 Å². The van der Waals surface area contributed by atoms with Crippen molar-refractivity contribution >= 4 is 29.1 Å². The molecule has 4 aromatic rings. The number of aliphatic imine (C=N–C) groups is 1. The second kappa shape index (κ2) is 8.82. The summed E-state index contributed by atoms with van der Waals surface area (Å²) < 4.78 is 11.7. The fraction of sp³-hybridized carbons (Fsp3) is 0.222. The number of hydrogen-bond acceptors (Lipinski definition) is 9. The first-order chi connectivity index (χ1) is 18.2. The second-order valence-electron chi connectivity index (χ2n) is 9.21. The van der Waals surface area contributed by atoms with E-state index in [2.05, 4.69) is 30.7 Å². The van der Waals surface area contributed by atoms with Crippen molar-refractivity contribution in [3.63, 3.8) is 0 Å². The molecule has 3 aliphatic heterocycles. The molecule has 1 amide bonds. The summed E-state index contributed by atoms with van der Waals surface area (Å²) in [5.74, 6) is 0.785. The zero-order valence-electron chi connectivity index (χ0n) is 19.7. The van der Waals surface area contributed by atoms with Gasteiger partial charge in [0.25, 0.3) is 11.8 Å². The average Bonchev–Trinajstić information content (AvgIpc) is 3.68. The lowest BCUT2D eigenvalue weighted by Gasteiger charge is -2.28. The Bertz CT molecular complexity index is 1500. The first-order valence-corrected chi connectivity index (χ1v) is 12.2. The first kappa shape index (κ1) is 21.7.